The Morgan fingerprint density at radius 1 is 1.26 bits per heavy atom. The maximum absolute atomic E-state index is 12.5. The van der Waals surface area contributed by atoms with Crippen LogP contribution >= 0.6 is 11.8 Å². The van der Waals surface area contributed by atoms with Gasteiger partial charge in [-0.3, -0.25) is 9.59 Å². The Labute approximate surface area is 159 Å². The lowest BCUT2D eigenvalue weighted by Crippen LogP contribution is -2.72. The average molecular weight is 412 g/mol. The number of thioether (sulfide) groups is 1. The SMILES string of the molecule is CC1(C)S[C@@H]2[C@H](NC(=O)C(c3ccccc3)S(=O)(=O)[O-])C(=O)N2[C@H]1C(=O)[O-]. The molecule has 0 bridgehead atoms. The van der Waals surface area contributed by atoms with E-state index in [-0.39, 0.29) is 5.56 Å². The number of nitrogens with one attached hydrogen (secondary N) is 1. The van der Waals surface area contributed by atoms with Crippen molar-refractivity contribution < 1.29 is 32.5 Å². The molecule has 2 aliphatic rings. The predicted octanol–water partition coefficient (Wildman–Crippen LogP) is -1.43. The number of rotatable bonds is 5. The van der Waals surface area contributed by atoms with Crippen LogP contribution in [-0.4, -0.2) is 57.9 Å². The molecule has 1 aromatic rings. The van der Waals surface area contributed by atoms with E-state index in [0.717, 1.165) is 16.7 Å². The van der Waals surface area contributed by atoms with Crippen LogP contribution in [-0.2, 0) is 24.5 Å². The van der Waals surface area contributed by atoms with Crippen molar-refractivity contribution in [1.29, 1.82) is 0 Å². The van der Waals surface area contributed by atoms with Crippen LogP contribution in [0.5, 0.6) is 0 Å². The molecule has 1 aromatic carbocycles. The van der Waals surface area contributed by atoms with Gasteiger partial charge in [-0.05, 0) is 19.4 Å². The third-order valence-corrected chi connectivity index (χ3v) is 7.23. The Kier molecular flexibility index (Phi) is 4.73. The van der Waals surface area contributed by atoms with E-state index in [1.165, 1.54) is 24.3 Å². The first-order valence-electron chi connectivity index (χ1n) is 7.96. The monoisotopic (exact) mass is 412 g/mol. The fraction of sp³-hybridized carbons (Fsp3) is 0.438. The number of nitrogens with zero attached hydrogens (tertiary/aromatic N) is 1. The molecule has 146 valence electrons. The molecule has 0 aliphatic carbocycles. The number of benzene rings is 1. The third kappa shape index (κ3) is 3.30. The Bertz CT molecular complexity index is 901. The van der Waals surface area contributed by atoms with Crippen molar-refractivity contribution in [2.45, 2.75) is 41.3 Å². The third-order valence-electron chi connectivity index (χ3n) is 4.59. The van der Waals surface area contributed by atoms with Crippen LogP contribution < -0.4 is 10.4 Å². The molecular weight excluding hydrogens is 396 g/mol. The lowest BCUT2D eigenvalue weighted by Gasteiger charge is -2.45. The van der Waals surface area contributed by atoms with Gasteiger partial charge in [0.05, 0.1) is 12.0 Å². The van der Waals surface area contributed by atoms with Crippen molar-refractivity contribution in [2.24, 2.45) is 0 Å². The Balaban J connectivity index is 1.83. The molecule has 27 heavy (non-hydrogen) atoms. The van der Waals surface area contributed by atoms with E-state index in [1.54, 1.807) is 19.9 Å². The maximum atomic E-state index is 12.5. The molecule has 0 spiro atoms. The summed E-state index contributed by atoms with van der Waals surface area (Å²) in [4.78, 5) is 37.4. The molecule has 0 radical (unpaired) electrons. The summed E-state index contributed by atoms with van der Waals surface area (Å²) in [6, 6.07) is 4.94. The fourth-order valence-electron chi connectivity index (χ4n) is 3.43. The smallest absolute Gasteiger partial charge is 0.249 e. The molecule has 2 fully saturated rings. The number of aliphatic carboxylic acids is 1. The lowest BCUT2D eigenvalue weighted by molar-refractivity contribution is -0.312. The second-order valence-electron chi connectivity index (χ2n) is 6.85. The van der Waals surface area contributed by atoms with Crippen LogP contribution in [0.15, 0.2) is 30.3 Å². The van der Waals surface area contributed by atoms with Gasteiger partial charge in [0.15, 0.2) is 5.25 Å². The quantitative estimate of drug-likeness (QED) is 0.457. The highest BCUT2D eigenvalue weighted by molar-refractivity contribution is 8.01. The summed E-state index contributed by atoms with van der Waals surface area (Å²) in [5, 5.41) is 11.0. The Morgan fingerprint density at radius 2 is 1.85 bits per heavy atom. The summed E-state index contributed by atoms with van der Waals surface area (Å²) >= 11 is 1.16. The highest BCUT2D eigenvalue weighted by Gasteiger charge is 2.62. The summed E-state index contributed by atoms with van der Waals surface area (Å²) in [5.41, 5.74) is -0.0133. The number of carboxylic acid groups (broad SMARTS) is 1. The lowest BCUT2D eigenvalue weighted by atomic mass is 9.96. The van der Waals surface area contributed by atoms with E-state index in [9.17, 15) is 32.5 Å². The number of hydrogen-bond donors (Lipinski definition) is 1. The number of amides is 2. The van der Waals surface area contributed by atoms with E-state index < -0.39 is 55.4 Å². The predicted molar refractivity (Wildman–Crippen MR) is 91.9 cm³/mol. The Morgan fingerprint density at radius 3 is 2.37 bits per heavy atom. The number of carboxylic acids is 1. The minimum Gasteiger partial charge on any atom is -0.747 e. The highest BCUT2D eigenvalue weighted by Crippen LogP contribution is 2.50. The largest absolute Gasteiger partial charge is 0.747 e. The van der Waals surface area contributed by atoms with Crippen molar-refractivity contribution in [3.8, 4) is 0 Å². The molecule has 2 heterocycles. The molecule has 1 N–H and O–H groups in total. The summed E-state index contributed by atoms with van der Waals surface area (Å²) in [6.07, 6.45) is 0. The zero-order chi connectivity index (χ0) is 20.1. The molecular formula is C16H16N2O7S2-2. The van der Waals surface area contributed by atoms with Crippen LogP contribution in [0.4, 0.5) is 0 Å². The first kappa shape index (κ1) is 19.6. The standard InChI is InChI=1S/C16H18N2O7S2/c1-16(2)11(15(21)22)18-13(20)9(14(18)26-16)17-12(19)10(27(23,24)25)8-6-4-3-5-7-8/h3-7,9-11,14H,1-2H3,(H,17,19)(H,21,22)(H,23,24,25)/p-2/t9-,10?,11+,14-/m1/s1. The number of carbonyl (C=O) groups is 3. The van der Waals surface area contributed by atoms with E-state index in [2.05, 4.69) is 5.32 Å². The second-order valence-corrected chi connectivity index (χ2v) is 10.1. The van der Waals surface area contributed by atoms with Gasteiger partial charge in [0, 0.05) is 4.75 Å². The molecule has 9 nitrogen and oxygen atoms in total. The van der Waals surface area contributed by atoms with Crippen molar-refractivity contribution in [3.63, 3.8) is 0 Å². The molecule has 2 aliphatic heterocycles. The van der Waals surface area contributed by atoms with Crippen LogP contribution in [0, 0.1) is 0 Å². The van der Waals surface area contributed by atoms with Gasteiger partial charge >= 0.3 is 0 Å². The van der Waals surface area contributed by atoms with E-state index in [1.807, 2.05) is 0 Å². The first-order valence-corrected chi connectivity index (χ1v) is 10.3. The van der Waals surface area contributed by atoms with Gasteiger partial charge in [-0.25, -0.2) is 8.42 Å². The topological polar surface area (TPSA) is 147 Å². The van der Waals surface area contributed by atoms with Gasteiger partial charge in [-0.15, -0.1) is 11.8 Å². The zero-order valence-electron chi connectivity index (χ0n) is 14.3. The van der Waals surface area contributed by atoms with Crippen molar-refractivity contribution in [1.82, 2.24) is 10.2 Å². The number of β-lactam (4-membered cyclic amide) rings is 1. The molecule has 2 amide bonds. The summed E-state index contributed by atoms with van der Waals surface area (Å²) in [5.74, 6) is -3.18. The summed E-state index contributed by atoms with van der Waals surface area (Å²) in [7, 11) is -5.03. The van der Waals surface area contributed by atoms with Gasteiger partial charge in [0.1, 0.15) is 21.5 Å². The van der Waals surface area contributed by atoms with Gasteiger partial charge in [0.25, 0.3) is 0 Å². The van der Waals surface area contributed by atoms with Gasteiger partial charge < -0.3 is 24.7 Å². The van der Waals surface area contributed by atoms with Crippen molar-refractivity contribution >= 4 is 39.7 Å². The fourth-order valence-corrected chi connectivity index (χ4v) is 5.87. The van der Waals surface area contributed by atoms with E-state index in [0.29, 0.717) is 0 Å². The normalized spacial score (nSPS) is 27.4. The molecule has 4 atom stereocenters. The molecule has 1 unspecified atom stereocenters. The van der Waals surface area contributed by atoms with Gasteiger partial charge in [-0.1, -0.05) is 30.3 Å². The van der Waals surface area contributed by atoms with Crippen LogP contribution in [0.1, 0.15) is 24.7 Å². The molecule has 11 heteroatoms. The zero-order valence-corrected chi connectivity index (χ0v) is 16.0. The number of hydrogen-bond acceptors (Lipinski definition) is 8. The number of carbonyl (C=O) groups excluding carboxylic acids is 3. The van der Waals surface area contributed by atoms with Crippen LogP contribution in [0.2, 0.25) is 0 Å². The average Bonchev–Trinajstić information content (AvgIpc) is 2.81. The van der Waals surface area contributed by atoms with Gasteiger partial charge in [0.2, 0.25) is 11.8 Å². The van der Waals surface area contributed by atoms with Crippen molar-refractivity contribution in [2.75, 3.05) is 0 Å². The Hall–Kier alpha value is -2.11. The summed E-state index contributed by atoms with van der Waals surface area (Å²) < 4.78 is 34.0. The molecule has 0 aromatic heterocycles. The minimum absolute atomic E-state index is 0.0133. The van der Waals surface area contributed by atoms with E-state index in [4.69, 9.17) is 0 Å². The number of fused-ring (bicyclic) bond motifs is 1. The van der Waals surface area contributed by atoms with E-state index >= 15 is 0 Å². The molecule has 3 rings (SSSR count). The van der Waals surface area contributed by atoms with Gasteiger partial charge in [-0.2, -0.15) is 0 Å². The second kappa shape index (κ2) is 6.50. The molecule has 0 saturated carbocycles. The summed E-state index contributed by atoms with van der Waals surface area (Å²) in [6.45, 7) is 3.27. The highest BCUT2D eigenvalue weighted by atomic mass is 32.2. The molecule has 2 saturated heterocycles. The minimum atomic E-state index is -5.03. The maximum Gasteiger partial charge on any atom is 0.249 e. The van der Waals surface area contributed by atoms with Crippen LogP contribution in [0.25, 0.3) is 0 Å². The van der Waals surface area contributed by atoms with Crippen molar-refractivity contribution in [3.05, 3.63) is 35.9 Å². The van der Waals surface area contributed by atoms with Crippen LogP contribution in [0.3, 0.4) is 0 Å². The first-order chi connectivity index (χ1) is 12.4.